The fraction of sp³-hybridized carbons (Fsp3) is 0.647. The molecule has 0 bridgehead atoms. The maximum absolute atomic E-state index is 6.64. The second-order valence-corrected chi connectivity index (χ2v) is 13.3. The maximum atomic E-state index is 6.64. The summed E-state index contributed by atoms with van der Waals surface area (Å²) in [6.07, 6.45) is 3.99. The third-order valence-corrected chi connectivity index (χ3v) is 9.88. The molecule has 4 heteroatoms. The third kappa shape index (κ3) is 4.33. The Hall–Kier alpha value is -0.323. The Balaban J connectivity index is 2.04. The Kier molecular flexibility index (Phi) is 5.22. The molecule has 0 spiro atoms. The van der Waals surface area contributed by atoms with Crippen LogP contribution in [0.4, 0.5) is 5.69 Å². The first-order valence-electron chi connectivity index (χ1n) is 7.89. The summed E-state index contributed by atoms with van der Waals surface area (Å²) in [6, 6.07) is 8.84. The lowest BCUT2D eigenvalue weighted by Gasteiger charge is -2.40. The van der Waals surface area contributed by atoms with Crippen LogP contribution >= 0.6 is 15.9 Å². The average Bonchev–Trinajstić information content (AvgIpc) is 2.74. The summed E-state index contributed by atoms with van der Waals surface area (Å²) in [7, 11) is -1.69. The molecule has 1 fully saturated rings. The number of halogens is 1. The quantitative estimate of drug-likeness (QED) is 0.676. The Labute approximate surface area is 138 Å². The SMILES string of the molecule is CC(C)(C)[Si](C)(C)O[C@@H]1CCC[C@H]1Nc1cccc(Br)c1. The highest BCUT2D eigenvalue weighted by Crippen LogP contribution is 2.40. The summed E-state index contributed by atoms with van der Waals surface area (Å²) in [4.78, 5) is 0. The molecule has 0 aliphatic heterocycles. The molecule has 2 atom stereocenters. The molecule has 0 saturated heterocycles. The number of hydrogen-bond acceptors (Lipinski definition) is 2. The van der Waals surface area contributed by atoms with E-state index in [-0.39, 0.29) is 5.04 Å². The van der Waals surface area contributed by atoms with E-state index >= 15 is 0 Å². The first-order valence-corrected chi connectivity index (χ1v) is 11.6. The van der Waals surface area contributed by atoms with Crippen LogP contribution in [0.5, 0.6) is 0 Å². The van der Waals surface area contributed by atoms with Gasteiger partial charge in [-0.1, -0.05) is 42.8 Å². The molecule has 0 amide bonds. The van der Waals surface area contributed by atoms with E-state index in [1.165, 1.54) is 24.9 Å². The zero-order chi connectivity index (χ0) is 15.7. The molecule has 21 heavy (non-hydrogen) atoms. The van der Waals surface area contributed by atoms with Gasteiger partial charge in [0.25, 0.3) is 0 Å². The van der Waals surface area contributed by atoms with Gasteiger partial charge in [-0.15, -0.1) is 0 Å². The van der Waals surface area contributed by atoms with Crippen LogP contribution < -0.4 is 5.32 Å². The summed E-state index contributed by atoms with van der Waals surface area (Å²) in [5.74, 6) is 0. The molecule has 0 heterocycles. The van der Waals surface area contributed by atoms with E-state index in [0.29, 0.717) is 12.1 Å². The summed E-state index contributed by atoms with van der Waals surface area (Å²) < 4.78 is 7.76. The van der Waals surface area contributed by atoms with Crippen molar-refractivity contribution in [2.24, 2.45) is 0 Å². The predicted octanol–water partition coefficient (Wildman–Crippen LogP) is 5.80. The molecule has 118 valence electrons. The Morgan fingerprint density at radius 3 is 2.57 bits per heavy atom. The van der Waals surface area contributed by atoms with Gasteiger partial charge in [-0.25, -0.2) is 0 Å². The highest BCUT2D eigenvalue weighted by Gasteiger charge is 2.41. The van der Waals surface area contributed by atoms with E-state index in [2.05, 4.69) is 79.4 Å². The topological polar surface area (TPSA) is 21.3 Å². The molecular weight excluding hydrogens is 342 g/mol. The lowest BCUT2D eigenvalue weighted by atomic mass is 10.2. The van der Waals surface area contributed by atoms with Crippen LogP contribution in [-0.4, -0.2) is 20.5 Å². The van der Waals surface area contributed by atoms with E-state index in [1.807, 2.05) is 0 Å². The molecule has 2 nitrogen and oxygen atoms in total. The van der Waals surface area contributed by atoms with E-state index < -0.39 is 8.32 Å². The summed E-state index contributed by atoms with van der Waals surface area (Å²) in [6.45, 7) is 11.6. The number of hydrogen-bond donors (Lipinski definition) is 1. The second kappa shape index (κ2) is 6.43. The fourth-order valence-corrected chi connectivity index (χ4v) is 4.37. The lowest BCUT2D eigenvalue weighted by molar-refractivity contribution is 0.177. The van der Waals surface area contributed by atoms with Crippen molar-refractivity contribution in [2.45, 2.75) is 70.3 Å². The standard InChI is InChI=1S/C17H28BrNOSi/c1-17(2,3)21(4,5)20-16-11-7-10-15(16)19-14-9-6-8-13(18)12-14/h6,8-9,12,15-16,19H,7,10-11H2,1-5H3/t15-,16-/m1/s1. The van der Waals surface area contributed by atoms with Gasteiger partial charge in [0.2, 0.25) is 0 Å². The zero-order valence-electron chi connectivity index (χ0n) is 13.9. The van der Waals surface area contributed by atoms with Crippen LogP contribution in [0.3, 0.4) is 0 Å². The lowest BCUT2D eigenvalue weighted by Crippen LogP contribution is -2.47. The number of anilines is 1. The van der Waals surface area contributed by atoms with Gasteiger partial charge >= 0.3 is 0 Å². The first-order chi connectivity index (χ1) is 9.69. The molecule has 1 aliphatic rings. The van der Waals surface area contributed by atoms with Crippen molar-refractivity contribution in [2.75, 3.05) is 5.32 Å². The van der Waals surface area contributed by atoms with E-state index in [1.54, 1.807) is 0 Å². The fourth-order valence-electron chi connectivity index (χ4n) is 2.58. The summed E-state index contributed by atoms with van der Waals surface area (Å²) in [5.41, 5.74) is 1.18. The van der Waals surface area contributed by atoms with Crippen LogP contribution in [0, 0.1) is 0 Å². The van der Waals surface area contributed by atoms with Crippen LogP contribution in [0.1, 0.15) is 40.0 Å². The van der Waals surface area contributed by atoms with Gasteiger partial charge in [-0.05, 0) is 55.6 Å². The van der Waals surface area contributed by atoms with Gasteiger partial charge in [-0.2, -0.15) is 0 Å². The molecule has 0 unspecified atom stereocenters. The Bertz CT molecular complexity index is 484. The zero-order valence-corrected chi connectivity index (χ0v) is 16.5. The number of benzene rings is 1. The predicted molar refractivity (Wildman–Crippen MR) is 97.5 cm³/mol. The monoisotopic (exact) mass is 369 g/mol. The molecule has 1 saturated carbocycles. The van der Waals surface area contributed by atoms with Crippen molar-refractivity contribution in [1.82, 2.24) is 0 Å². The molecule has 2 rings (SSSR count). The summed E-state index contributed by atoms with van der Waals surface area (Å²) in [5, 5.41) is 3.95. The van der Waals surface area contributed by atoms with Crippen molar-refractivity contribution < 1.29 is 4.43 Å². The van der Waals surface area contributed by atoms with E-state index in [4.69, 9.17) is 4.43 Å². The van der Waals surface area contributed by atoms with Crippen LogP contribution in [0.25, 0.3) is 0 Å². The Morgan fingerprint density at radius 2 is 1.95 bits per heavy atom. The van der Waals surface area contributed by atoms with E-state index in [0.717, 1.165) is 4.47 Å². The normalized spacial score (nSPS) is 23.3. The van der Waals surface area contributed by atoms with Crippen LogP contribution in [-0.2, 0) is 4.43 Å². The molecule has 1 aromatic rings. The maximum Gasteiger partial charge on any atom is 0.192 e. The molecular formula is C17H28BrNOSi. The van der Waals surface area contributed by atoms with Crippen molar-refractivity contribution in [3.05, 3.63) is 28.7 Å². The van der Waals surface area contributed by atoms with Gasteiger partial charge < -0.3 is 9.74 Å². The third-order valence-electron chi connectivity index (χ3n) is 4.88. The van der Waals surface area contributed by atoms with Crippen LogP contribution in [0.15, 0.2) is 28.7 Å². The van der Waals surface area contributed by atoms with Gasteiger partial charge in [0.15, 0.2) is 8.32 Å². The summed E-state index contributed by atoms with van der Waals surface area (Å²) >= 11 is 3.54. The Morgan fingerprint density at radius 1 is 1.24 bits per heavy atom. The molecule has 0 aromatic heterocycles. The minimum atomic E-state index is -1.69. The van der Waals surface area contributed by atoms with Crippen molar-refractivity contribution in [3.8, 4) is 0 Å². The minimum Gasteiger partial charge on any atom is -0.412 e. The number of rotatable bonds is 4. The largest absolute Gasteiger partial charge is 0.412 e. The first kappa shape index (κ1) is 17.0. The van der Waals surface area contributed by atoms with E-state index in [9.17, 15) is 0 Å². The minimum absolute atomic E-state index is 0.274. The van der Waals surface area contributed by atoms with Gasteiger partial charge in [0.1, 0.15) is 0 Å². The van der Waals surface area contributed by atoms with Gasteiger partial charge in [0.05, 0.1) is 12.1 Å². The van der Waals surface area contributed by atoms with Crippen molar-refractivity contribution in [3.63, 3.8) is 0 Å². The highest BCUT2D eigenvalue weighted by molar-refractivity contribution is 9.10. The molecule has 1 N–H and O–H groups in total. The molecule has 0 radical (unpaired) electrons. The second-order valence-electron chi connectivity index (χ2n) is 7.61. The number of nitrogens with one attached hydrogen (secondary N) is 1. The van der Waals surface area contributed by atoms with Crippen LogP contribution in [0.2, 0.25) is 18.1 Å². The highest BCUT2D eigenvalue weighted by atomic mass is 79.9. The van der Waals surface area contributed by atoms with Gasteiger partial charge in [-0.3, -0.25) is 0 Å². The average molecular weight is 370 g/mol. The molecule has 1 aromatic carbocycles. The van der Waals surface area contributed by atoms with Crippen molar-refractivity contribution in [1.29, 1.82) is 0 Å². The smallest absolute Gasteiger partial charge is 0.192 e. The van der Waals surface area contributed by atoms with Crippen molar-refractivity contribution >= 4 is 29.9 Å². The molecule has 1 aliphatic carbocycles. The van der Waals surface area contributed by atoms with Gasteiger partial charge in [0, 0.05) is 10.2 Å².